The molecule has 8 heteroatoms. The minimum atomic E-state index is 0. The maximum Gasteiger partial charge on any atom is 0.147 e. The number of halogens is 1. The van der Waals surface area contributed by atoms with Crippen LogP contribution in [0.15, 0.2) is 35.7 Å². The molecular weight excluding hydrogens is 392 g/mol. The number of benzene rings is 1. The van der Waals surface area contributed by atoms with Crippen molar-refractivity contribution >= 4 is 23.7 Å². The average molecular weight is 417 g/mol. The summed E-state index contributed by atoms with van der Waals surface area (Å²) in [6.45, 7) is 6.01. The third-order valence-electron chi connectivity index (χ3n) is 5.56. The van der Waals surface area contributed by atoms with Crippen LogP contribution >= 0.6 is 23.7 Å². The molecule has 1 fully saturated rings. The standard InChI is InChI=1S/C20H24N6S.ClH/c1-2-4-16(5-3-1)20-22-17(14-27-20)13-25-9-6-15(7-10-25)19-24-23-18-12-21-8-11-26(18)19;/h1-5,14-15,21H,6-13H2;1H. The molecule has 2 aliphatic rings. The highest BCUT2D eigenvalue weighted by Crippen LogP contribution is 2.29. The van der Waals surface area contributed by atoms with E-state index < -0.39 is 0 Å². The Bertz CT molecular complexity index is 901. The molecule has 0 unspecified atom stereocenters. The van der Waals surface area contributed by atoms with E-state index in [1.807, 2.05) is 6.07 Å². The molecule has 0 bridgehead atoms. The van der Waals surface area contributed by atoms with Gasteiger partial charge in [0.1, 0.15) is 16.7 Å². The number of fused-ring (bicyclic) bond motifs is 1. The van der Waals surface area contributed by atoms with E-state index in [1.165, 1.54) is 17.1 Å². The number of likely N-dealkylation sites (tertiary alicyclic amines) is 1. The summed E-state index contributed by atoms with van der Waals surface area (Å²) in [5.41, 5.74) is 2.39. The monoisotopic (exact) mass is 416 g/mol. The van der Waals surface area contributed by atoms with E-state index in [-0.39, 0.29) is 12.4 Å². The number of aromatic nitrogens is 4. The predicted octanol–water partition coefficient (Wildman–Crippen LogP) is 3.31. The van der Waals surface area contributed by atoms with Gasteiger partial charge in [-0.2, -0.15) is 0 Å². The lowest BCUT2D eigenvalue weighted by atomic mass is 9.95. The Balaban J connectivity index is 0.00000192. The zero-order chi connectivity index (χ0) is 18.1. The van der Waals surface area contributed by atoms with Gasteiger partial charge >= 0.3 is 0 Å². The Morgan fingerprint density at radius 1 is 1.07 bits per heavy atom. The SMILES string of the molecule is Cl.c1ccc(-c2nc(CN3CCC(c4nnc5n4CCNC5)CC3)cs2)cc1. The van der Waals surface area contributed by atoms with Crippen molar-refractivity contribution in [1.29, 1.82) is 0 Å². The second-order valence-corrected chi connectivity index (χ2v) is 8.22. The molecule has 0 spiro atoms. The number of rotatable bonds is 4. The molecule has 2 aromatic heterocycles. The zero-order valence-corrected chi connectivity index (χ0v) is 17.4. The molecule has 0 radical (unpaired) electrons. The fourth-order valence-electron chi connectivity index (χ4n) is 4.09. The largest absolute Gasteiger partial charge is 0.312 e. The van der Waals surface area contributed by atoms with E-state index in [0.29, 0.717) is 5.92 Å². The molecule has 148 valence electrons. The van der Waals surface area contributed by atoms with E-state index in [2.05, 4.69) is 54.6 Å². The van der Waals surface area contributed by atoms with Gasteiger partial charge in [0.2, 0.25) is 0 Å². The molecule has 0 aliphatic carbocycles. The first-order valence-corrected chi connectivity index (χ1v) is 10.6. The fourth-order valence-corrected chi connectivity index (χ4v) is 4.90. The number of thiazole rings is 1. The lowest BCUT2D eigenvalue weighted by Crippen LogP contribution is -2.34. The fraction of sp³-hybridized carbons (Fsp3) is 0.450. The van der Waals surface area contributed by atoms with Crippen LogP contribution in [0.3, 0.4) is 0 Å². The number of nitrogens with zero attached hydrogens (tertiary/aromatic N) is 5. The van der Waals surface area contributed by atoms with Gasteiger partial charge in [0, 0.05) is 36.5 Å². The molecule has 5 rings (SSSR count). The molecule has 0 atom stereocenters. The molecule has 1 aromatic carbocycles. The Morgan fingerprint density at radius 3 is 2.71 bits per heavy atom. The first-order chi connectivity index (χ1) is 13.4. The molecule has 0 amide bonds. The van der Waals surface area contributed by atoms with Crippen LogP contribution in [0, 0.1) is 0 Å². The van der Waals surface area contributed by atoms with Crippen molar-refractivity contribution in [2.24, 2.45) is 0 Å². The Labute approximate surface area is 175 Å². The second kappa shape index (κ2) is 8.69. The lowest BCUT2D eigenvalue weighted by Gasteiger charge is -2.31. The van der Waals surface area contributed by atoms with E-state index in [1.54, 1.807) is 11.3 Å². The first-order valence-electron chi connectivity index (χ1n) is 9.72. The molecule has 0 saturated carbocycles. The van der Waals surface area contributed by atoms with Gasteiger partial charge < -0.3 is 9.88 Å². The normalized spacial score (nSPS) is 17.9. The van der Waals surface area contributed by atoms with Gasteiger partial charge in [-0.05, 0) is 25.9 Å². The average Bonchev–Trinajstić information content (AvgIpc) is 3.37. The molecule has 2 aliphatic heterocycles. The molecule has 1 saturated heterocycles. The summed E-state index contributed by atoms with van der Waals surface area (Å²) in [5, 5.41) is 15.6. The van der Waals surface area contributed by atoms with Crippen molar-refractivity contribution in [2.75, 3.05) is 19.6 Å². The van der Waals surface area contributed by atoms with E-state index >= 15 is 0 Å². The van der Waals surface area contributed by atoms with Gasteiger partial charge in [0.05, 0.1) is 12.2 Å². The summed E-state index contributed by atoms with van der Waals surface area (Å²) < 4.78 is 2.34. The number of hydrogen-bond donors (Lipinski definition) is 1. The lowest BCUT2D eigenvalue weighted by molar-refractivity contribution is 0.198. The van der Waals surface area contributed by atoms with Crippen molar-refractivity contribution in [3.63, 3.8) is 0 Å². The Morgan fingerprint density at radius 2 is 1.89 bits per heavy atom. The van der Waals surface area contributed by atoms with E-state index in [9.17, 15) is 0 Å². The van der Waals surface area contributed by atoms with E-state index in [0.717, 1.165) is 62.9 Å². The Kier molecular flexibility index (Phi) is 6.06. The summed E-state index contributed by atoms with van der Waals surface area (Å²) in [4.78, 5) is 7.37. The van der Waals surface area contributed by atoms with Crippen LogP contribution in [-0.4, -0.2) is 44.3 Å². The highest BCUT2D eigenvalue weighted by atomic mass is 35.5. The van der Waals surface area contributed by atoms with Gasteiger partial charge in [-0.3, -0.25) is 4.90 Å². The Hall–Kier alpha value is -1.80. The van der Waals surface area contributed by atoms with Gasteiger partial charge in [0.15, 0.2) is 0 Å². The quantitative estimate of drug-likeness (QED) is 0.707. The maximum atomic E-state index is 4.84. The maximum absolute atomic E-state index is 4.84. The van der Waals surface area contributed by atoms with Gasteiger partial charge in [-0.1, -0.05) is 30.3 Å². The minimum absolute atomic E-state index is 0. The summed E-state index contributed by atoms with van der Waals surface area (Å²) >= 11 is 1.74. The van der Waals surface area contributed by atoms with Crippen molar-refractivity contribution in [1.82, 2.24) is 30.0 Å². The molecule has 3 aromatic rings. The second-order valence-electron chi connectivity index (χ2n) is 7.36. The smallest absolute Gasteiger partial charge is 0.147 e. The third kappa shape index (κ3) is 3.98. The van der Waals surface area contributed by atoms with Crippen LogP contribution in [0.4, 0.5) is 0 Å². The van der Waals surface area contributed by atoms with Crippen molar-refractivity contribution < 1.29 is 0 Å². The summed E-state index contributed by atoms with van der Waals surface area (Å²) in [5.74, 6) is 2.83. The molecular formula is C20H25ClN6S. The predicted molar refractivity (Wildman–Crippen MR) is 114 cm³/mol. The summed E-state index contributed by atoms with van der Waals surface area (Å²) in [6, 6.07) is 10.4. The number of piperidine rings is 1. The van der Waals surface area contributed by atoms with Crippen LogP contribution in [0.25, 0.3) is 10.6 Å². The number of hydrogen-bond acceptors (Lipinski definition) is 6. The third-order valence-corrected chi connectivity index (χ3v) is 6.50. The number of nitrogens with one attached hydrogen (secondary N) is 1. The van der Waals surface area contributed by atoms with E-state index in [4.69, 9.17) is 4.98 Å². The molecule has 28 heavy (non-hydrogen) atoms. The van der Waals surface area contributed by atoms with Gasteiger partial charge in [-0.25, -0.2) is 4.98 Å². The summed E-state index contributed by atoms with van der Waals surface area (Å²) in [6.07, 6.45) is 2.31. The first kappa shape index (κ1) is 19.5. The van der Waals surface area contributed by atoms with Crippen LogP contribution in [-0.2, 0) is 19.6 Å². The molecule has 1 N–H and O–H groups in total. The van der Waals surface area contributed by atoms with Gasteiger partial charge in [-0.15, -0.1) is 33.9 Å². The van der Waals surface area contributed by atoms with Crippen LogP contribution < -0.4 is 5.32 Å². The van der Waals surface area contributed by atoms with Gasteiger partial charge in [0.25, 0.3) is 0 Å². The van der Waals surface area contributed by atoms with Crippen molar-refractivity contribution in [3.8, 4) is 10.6 Å². The van der Waals surface area contributed by atoms with Crippen LogP contribution in [0.5, 0.6) is 0 Å². The van der Waals surface area contributed by atoms with Crippen molar-refractivity contribution in [2.45, 2.75) is 38.4 Å². The highest BCUT2D eigenvalue weighted by Gasteiger charge is 2.27. The topological polar surface area (TPSA) is 58.9 Å². The van der Waals surface area contributed by atoms with Crippen LogP contribution in [0.2, 0.25) is 0 Å². The van der Waals surface area contributed by atoms with Crippen LogP contribution in [0.1, 0.15) is 36.1 Å². The zero-order valence-electron chi connectivity index (χ0n) is 15.8. The molecule has 6 nitrogen and oxygen atoms in total. The summed E-state index contributed by atoms with van der Waals surface area (Å²) in [7, 11) is 0. The van der Waals surface area contributed by atoms with Crippen molar-refractivity contribution in [3.05, 3.63) is 53.1 Å². The minimum Gasteiger partial charge on any atom is -0.312 e. The molecule has 4 heterocycles. The highest BCUT2D eigenvalue weighted by molar-refractivity contribution is 7.13.